The van der Waals surface area contributed by atoms with E-state index in [2.05, 4.69) is 64.9 Å². The van der Waals surface area contributed by atoms with Crippen molar-refractivity contribution in [2.75, 3.05) is 38.8 Å². The van der Waals surface area contributed by atoms with Crippen molar-refractivity contribution in [2.45, 2.75) is 39.7 Å². The molecule has 0 aliphatic carbocycles. The van der Waals surface area contributed by atoms with Crippen LogP contribution in [0.4, 0.5) is 11.4 Å². The first-order valence-corrected chi connectivity index (χ1v) is 12.9. The second-order valence-corrected chi connectivity index (χ2v) is 9.54. The fourth-order valence-electron chi connectivity index (χ4n) is 4.43. The number of ether oxygens (including phenoxy) is 2. The summed E-state index contributed by atoms with van der Waals surface area (Å²) in [5, 5.41) is 4.28. The quantitative estimate of drug-likeness (QED) is 0.246. The van der Waals surface area contributed by atoms with Crippen molar-refractivity contribution in [3.05, 3.63) is 55.0 Å². The SMILES string of the molecule is CCCCN(CCN(c1cc(OC)cc(OC)c1)c1ccc2ncc(-c3cnn(C)c3)nc2c1)C(C)C. The van der Waals surface area contributed by atoms with E-state index in [1.54, 1.807) is 25.1 Å². The van der Waals surface area contributed by atoms with Crippen molar-refractivity contribution in [1.82, 2.24) is 24.6 Å². The lowest BCUT2D eigenvalue weighted by Gasteiger charge is -2.32. The standard InChI is InChI=1S/C29H38N6O2/c1-7-8-11-34(21(2)3)12-13-35(24-14-25(36-5)17-26(15-24)37-6)23-9-10-27-28(16-23)32-29(19-30-27)22-18-31-33(4)20-22/h9-10,14-21H,7-8,11-13H2,1-6H3. The zero-order valence-corrected chi connectivity index (χ0v) is 22.8. The fraction of sp³-hybridized carbons (Fsp3) is 0.414. The maximum absolute atomic E-state index is 5.59. The molecule has 0 aliphatic heterocycles. The van der Waals surface area contributed by atoms with Crippen molar-refractivity contribution >= 4 is 22.4 Å². The Bertz CT molecular complexity index is 1300. The number of benzene rings is 2. The second-order valence-electron chi connectivity index (χ2n) is 9.54. The Hall–Kier alpha value is -3.65. The van der Waals surface area contributed by atoms with Crippen LogP contribution in [0, 0.1) is 0 Å². The molecule has 0 spiro atoms. The van der Waals surface area contributed by atoms with E-state index in [0.717, 1.165) is 64.8 Å². The maximum Gasteiger partial charge on any atom is 0.124 e. The van der Waals surface area contributed by atoms with Crippen LogP contribution in [0.5, 0.6) is 11.5 Å². The average molecular weight is 503 g/mol. The molecule has 0 radical (unpaired) electrons. The smallest absolute Gasteiger partial charge is 0.124 e. The van der Waals surface area contributed by atoms with E-state index in [1.807, 2.05) is 31.6 Å². The summed E-state index contributed by atoms with van der Waals surface area (Å²) in [7, 11) is 5.26. The topological polar surface area (TPSA) is 68.5 Å². The van der Waals surface area contributed by atoms with Crippen LogP contribution in [0.15, 0.2) is 55.0 Å². The molecule has 0 N–H and O–H groups in total. The Morgan fingerprint density at radius 3 is 2.27 bits per heavy atom. The first-order chi connectivity index (χ1) is 17.9. The Morgan fingerprint density at radius 1 is 0.892 bits per heavy atom. The molecule has 0 unspecified atom stereocenters. The molecule has 2 aromatic carbocycles. The summed E-state index contributed by atoms with van der Waals surface area (Å²) in [6.07, 6.45) is 7.94. The van der Waals surface area contributed by atoms with Crippen LogP contribution in [0.3, 0.4) is 0 Å². The number of rotatable bonds is 12. The van der Waals surface area contributed by atoms with Gasteiger partial charge in [-0.2, -0.15) is 5.10 Å². The molecule has 4 aromatic rings. The van der Waals surface area contributed by atoms with Crippen molar-refractivity contribution < 1.29 is 9.47 Å². The molecule has 0 atom stereocenters. The van der Waals surface area contributed by atoms with E-state index < -0.39 is 0 Å². The van der Waals surface area contributed by atoms with Gasteiger partial charge in [-0.1, -0.05) is 13.3 Å². The molecule has 196 valence electrons. The molecule has 0 saturated heterocycles. The number of hydrogen-bond acceptors (Lipinski definition) is 7. The molecule has 8 nitrogen and oxygen atoms in total. The van der Waals surface area contributed by atoms with Gasteiger partial charge in [-0.25, -0.2) is 4.98 Å². The first kappa shape index (κ1) is 26.4. The minimum absolute atomic E-state index is 0.470. The summed E-state index contributed by atoms with van der Waals surface area (Å²) in [4.78, 5) is 14.4. The highest BCUT2D eigenvalue weighted by atomic mass is 16.5. The average Bonchev–Trinajstić information content (AvgIpc) is 3.35. The first-order valence-electron chi connectivity index (χ1n) is 12.9. The van der Waals surface area contributed by atoms with Gasteiger partial charge in [0.1, 0.15) is 11.5 Å². The van der Waals surface area contributed by atoms with Crippen LogP contribution in [0.1, 0.15) is 33.6 Å². The molecule has 0 aliphatic rings. The summed E-state index contributed by atoms with van der Waals surface area (Å²) < 4.78 is 13.0. The number of aromatic nitrogens is 4. The molecule has 2 heterocycles. The summed E-state index contributed by atoms with van der Waals surface area (Å²) in [5.74, 6) is 1.51. The number of anilines is 2. The molecule has 0 saturated carbocycles. The second kappa shape index (κ2) is 12.1. The molecule has 8 heteroatoms. The van der Waals surface area contributed by atoms with Crippen LogP contribution in [0.2, 0.25) is 0 Å². The Morgan fingerprint density at radius 2 is 1.65 bits per heavy atom. The van der Waals surface area contributed by atoms with E-state index in [-0.39, 0.29) is 0 Å². The maximum atomic E-state index is 5.59. The van der Waals surface area contributed by atoms with Crippen molar-refractivity contribution in [3.8, 4) is 22.8 Å². The van der Waals surface area contributed by atoms with Gasteiger partial charge in [0.25, 0.3) is 0 Å². The zero-order valence-electron chi connectivity index (χ0n) is 22.8. The highest BCUT2D eigenvalue weighted by Gasteiger charge is 2.17. The van der Waals surface area contributed by atoms with Crippen LogP contribution >= 0.6 is 0 Å². The van der Waals surface area contributed by atoms with Gasteiger partial charge in [0.2, 0.25) is 0 Å². The summed E-state index contributed by atoms with van der Waals surface area (Å²) in [6, 6.07) is 12.7. The molecular weight excluding hydrogens is 464 g/mol. The van der Waals surface area contributed by atoms with Gasteiger partial charge in [0.05, 0.1) is 43.3 Å². The Labute approximate surface area is 219 Å². The van der Waals surface area contributed by atoms with E-state index >= 15 is 0 Å². The van der Waals surface area contributed by atoms with Gasteiger partial charge < -0.3 is 14.4 Å². The summed E-state index contributed by atoms with van der Waals surface area (Å²) in [6.45, 7) is 9.58. The molecule has 2 aromatic heterocycles. The predicted molar refractivity (Wildman–Crippen MR) is 150 cm³/mol. The molecule has 0 amide bonds. The predicted octanol–water partition coefficient (Wildman–Crippen LogP) is 5.70. The third-order valence-electron chi connectivity index (χ3n) is 6.63. The number of methoxy groups -OCH3 is 2. The highest BCUT2D eigenvalue weighted by Crippen LogP contribution is 2.34. The number of hydrogen-bond donors (Lipinski definition) is 0. The molecule has 4 rings (SSSR count). The lowest BCUT2D eigenvalue weighted by Crippen LogP contribution is -2.38. The Kier molecular flexibility index (Phi) is 8.61. The molecule has 0 bridgehead atoms. The van der Waals surface area contributed by atoms with Crippen molar-refractivity contribution in [1.29, 1.82) is 0 Å². The third-order valence-corrected chi connectivity index (χ3v) is 6.63. The number of aryl methyl sites for hydroxylation is 1. The normalized spacial score (nSPS) is 11.5. The zero-order chi connectivity index (χ0) is 26.4. The highest BCUT2D eigenvalue weighted by molar-refractivity contribution is 5.82. The van der Waals surface area contributed by atoms with Crippen LogP contribution < -0.4 is 14.4 Å². The van der Waals surface area contributed by atoms with E-state index in [9.17, 15) is 0 Å². The van der Waals surface area contributed by atoms with E-state index in [1.165, 1.54) is 12.8 Å². The van der Waals surface area contributed by atoms with Gasteiger partial charge >= 0.3 is 0 Å². The molecule has 0 fully saturated rings. The largest absolute Gasteiger partial charge is 0.497 e. The third kappa shape index (κ3) is 6.38. The lowest BCUT2D eigenvalue weighted by molar-refractivity contribution is 0.224. The van der Waals surface area contributed by atoms with Gasteiger partial charge in [-0.15, -0.1) is 0 Å². The number of nitrogens with zero attached hydrogens (tertiary/aromatic N) is 6. The van der Waals surface area contributed by atoms with Crippen LogP contribution in [0.25, 0.3) is 22.3 Å². The van der Waals surface area contributed by atoms with Gasteiger partial charge in [0, 0.05) is 67.5 Å². The number of fused-ring (bicyclic) bond motifs is 1. The van der Waals surface area contributed by atoms with E-state index in [4.69, 9.17) is 14.5 Å². The van der Waals surface area contributed by atoms with Crippen molar-refractivity contribution in [2.24, 2.45) is 7.05 Å². The number of unbranched alkanes of at least 4 members (excludes halogenated alkanes) is 1. The minimum Gasteiger partial charge on any atom is -0.497 e. The monoisotopic (exact) mass is 502 g/mol. The minimum atomic E-state index is 0.470. The van der Waals surface area contributed by atoms with E-state index in [0.29, 0.717) is 6.04 Å². The molecular formula is C29H38N6O2. The molecule has 37 heavy (non-hydrogen) atoms. The Balaban J connectivity index is 1.74. The van der Waals surface area contributed by atoms with Crippen molar-refractivity contribution in [3.63, 3.8) is 0 Å². The summed E-state index contributed by atoms with van der Waals surface area (Å²) in [5.41, 5.74) is 5.49. The fourth-order valence-corrected chi connectivity index (χ4v) is 4.43. The van der Waals surface area contributed by atoms with Crippen LogP contribution in [-0.4, -0.2) is 64.5 Å². The van der Waals surface area contributed by atoms with Gasteiger partial charge in [-0.05, 0) is 45.0 Å². The van der Waals surface area contributed by atoms with Gasteiger partial charge in [-0.3, -0.25) is 14.6 Å². The van der Waals surface area contributed by atoms with Gasteiger partial charge in [0.15, 0.2) is 0 Å². The lowest BCUT2D eigenvalue weighted by atomic mass is 10.1. The van der Waals surface area contributed by atoms with Crippen LogP contribution in [-0.2, 0) is 7.05 Å². The summed E-state index contributed by atoms with van der Waals surface area (Å²) >= 11 is 0.